The number of ether oxygens (including phenoxy) is 2. The van der Waals surface area contributed by atoms with Crippen molar-refractivity contribution in [2.75, 3.05) is 27.3 Å². The summed E-state index contributed by atoms with van der Waals surface area (Å²) in [4.78, 5) is 10.1. The molecule has 4 rings (SSSR count). The number of likely N-dealkylation sites (N-methyl/N-ethyl adjacent to an activating group) is 1. The van der Waals surface area contributed by atoms with Gasteiger partial charge in [-0.2, -0.15) is 0 Å². The predicted octanol–water partition coefficient (Wildman–Crippen LogP) is 4.96. The topological polar surface area (TPSA) is 103 Å². The van der Waals surface area contributed by atoms with Crippen LogP contribution in [0.3, 0.4) is 0 Å². The summed E-state index contributed by atoms with van der Waals surface area (Å²) < 4.78 is 17.4. The largest absolute Gasteiger partial charge is 0.491 e. The molecule has 2 heterocycles. The van der Waals surface area contributed by atoms with Crippen LogP contribution in [0.15, 0.2) is 28.8 Å². The second-order valence-electron chi connectivity index (χ2n) is 10.2. The number of aliphatic hydroxyl groups excluding tert-OH is 1. The highest BCUT2D eigenvalue weighted by Crippen LogP contribution is 2.37. The van der Waals surface area contributed by atoms with E-state index in [2.05, 4.69) is 17.4 Å². The summed E-state index contributed by atoms with van der Waals surface area (Å²) in [6.07, 6.45) is 7.03. The Bertz CT molecular complexity index is 1170. The van der Waals surface area contributed by atoms with E-state index in [1.165, 1.54) is 19.3 Å². The van der Waals surface area contributed by atoms with E-state index in [0.29, 0.717) is 18.1 Å². The Morgan fingerprint density at radius 1 is 1.14 bits per heavy atom. The molecule has 1 fully saturated rings. The van der Waals surface area contributed by atoms with Crippen molar-refractivity contribution in [2.45, 2.75) is 77.4 Å². The maximum absolute atomic E-state index is 10.0. The van der Waals surface area contributed by atoms with Gasteiger partial charge in [-0.1, -0.05) is 36.6 Å². The molecule has 3 aromatic rings. The Labute approximate surface area is 219 Å². The van der Waals surface area contributed by atoms with Gasteiger partial charge in [0.05, 0.1) is 22.6 Å². The summed E-state index contributed by atoms with van der Waals surface area (Å²) in [7, 11) is 3.65. The van der Waals surface area contributed by atoms with Crippen LogP contribution < -0.4 is 10.1 Å². The highest BCUT2D eigenvalue weighted by molar-refractivity contribution is 5.71. The van der Waals surface area contributed by atoms with E-state index in [1.807, 2.05) is 45.2 Å². The number of methoxy groups -OCH3 is 1. The van der Waals surface area contributed by atoms with Crippen molar-refractivity contribution in [3.8, 4) is 28.4 Å². The number of nitrogens with one attached hydrogen (secondary N) is 1. The van der Waals surface area contributed by atoms with Crippen molar-refractivity contribution >= 4 is 0 Å². The Kier molecular flexibility index (Phi) is 8.95. The molecule has 0 saturated heterocycles. The van der Waals surface area contributed by atoms with Gasteiger partial charge in [0.15, 0.2) is 5.82 Å². The lowest BCUT2D eigenvalue weighted by Gasteiger charge is -2.36. The van der Waals surface area contributed by atoms with Crippen LogP contribution in [-0.2, 0) is 11.2 Å². The third-order valence-electron chi connectivity index (χ3n) is 7.51. The normalized spacial score (nSPS) is 16.1. The Balaban J connectivity index is 1.70. The second kappa shape index (κ2) is 12.2. The zero-order chi connectivity index (χ0) is 26.4. The van der Waals surface area contributed by atoms with Crippen molar-refractivity contribution < 1.29 is 19.1 Å². The first-order chi connectivity index (χ1) is 17.9. The van der Waals surface area contributed by atoms with Crippen LogP contribution in [0.25, 0.3) is 22.6 Å². The van der Waals surface area contributed by atoms with Gasteiger partial charge < -0.3 is 24.4 Å². The van der Waals surface area contributed by atoms with Gasteiger partial charge >= 0.3 is 0 Å². The minimum atomic E-state index is -0.588. The van der Waals surface area contributed by atoms with Gasteiger partial charge in [-0.15, -0.1) is 0 Å². The third-order valence-corrected chi connectivity index (χ3v) is 7.51. The summed E-state index contributed by atoms with van der Waals surface area (Å²) in [6.45, 7) is 6.62. The van der Waals surface area contributed by atoms with Crippen LogP contribution in [0.2, 0.25) is 0 Å². The molecule has 8 heteroatoms. The average molecular weight is 509 g/mol. The summed E-state index contributed by atoms with van der Waals surface area (Å²) in [5.41, 5.74) is 5.41. The lowest BCUT2D eigenvalue weighted by molar-refractivity contribution is -0.0453. The minimum Gasteiger partial charge on any atom is -0.491 e. The molecule has 1 aliphatic rings. The molecular formula is C29H40N4O4. The zero-order valence-corrected chi connectivity index (χ0v) is 22.8. The van der Waals surface area contributed by atoms with Crippen molar-refractivity contribution in [1.29, 1.82) is 0 Å². The molecule has 0 spiro atoms. The van der Waals surface area contributed by atoms with Crippen LogP contribution in [-0.4, -0.2) is 59.2 Å². The Morgan fingerprint density at radius 2 is 1.92 bits per heavy atom. The summed E-state index contributed by atoms with van der Waals surface area (Å²) in [5.74, 6) is 2.04. The Hall–Kier alpha value is -2.81. The van der Waals surface area contributed by atoms with Gasteiger partial charge in [-0.3, -0.25) is 0 Å². The van der Waals surface area contributed by atoms with E-state index in [1.54, 1.807) is 7.05 Å². The Morgan fingerprint density at radius 3 is 2.59 bits per heavy atom. The molecular weight excluding hydrogens is 468 g/mol. The number of aliphatic hydroxyl groups is 1. The molecule has 1 unspecified atom stereocenters. The molecule has 0 amide bonds. The first-order valence-corrected chi connectivity index (χ1v) is 13.3. The fourth-order valence-corrected chi connectivity index (χ4v) is 5.31. The fraction of sp³-hybridized carbons (Fsp3) is 0.552. The molecule has 37 heavy (non-hydrogen) atoms. The summed E-state index contributed by atoms with van der Waals surface area (Å²) >= 11 is 0. The van der Waals surface area contributed by atoms with Gasteiger partial charge in [0.1, 0.15) is 24.2 Å². The van der Waals surface area contributed by atoms with Gasteiger partial charge in [0.2, 0.25) is 0 Å². The van der Waals surface area contributed by atoms with Gasteiger partial charge in [0, 0.05) is 24.9 Å². The molecule has 0 aliphatic heterocycles. The third kappa shape index (κ3) is 6.37. The molecule has 1 saturated carbocycles. The van der Waals surface area contributed by atoms with Crippen molar-refractivity contribution in [3.63, 3.8) is 0 Å². The highest BCUT2D eigenvalue weighted by Gasteiger charge is 2.32. The lowest BCUT2D eigenvalue weighted by Crippen LogP contribution is -2.34. The quantitative estimate of drug-likeness (QED) is 0.374. The maximum atomic E-state index is 10.0. The van der Waals surface area contributed by atoms with Crippen LogP contribution in [0.4, 0.5) is 0 Å². The van der Waals surface area contributed by atoms with E-state index in [0.717, 1.165) is 65.2 Å². The van der Waals surface area contributed by atoms with Gasteiger partial charge in [-0.05, 0) is 71.2 Å². The lowest BCUT2D eigenvalue weighted by atomic mass is 9.80. The minimum absolute atomic E-state index is 0.0824. The molecule has 1 aliphatic carbocycles. The number of hydrogen-bond acceptors (Lipinski definition) is 8. The molecule has 200 valence electrons. The van der Waals surface area contributed by atoms with E-state index >= 15 is 0 Å². The first-order valence-electron chi connectivity index (χ1n) is 13.3. The SMILES string of the molecule is CNCC(O)COc1cccc(-c2nc(CCC3(OC)CCCCC3)c(C)c(-c3c(C)noc3C)n2)c1. The molecule has 1 atom stereocenters. The predicted molar refractivity (Wildman–Crippen MR) is 144 cm³/mol. The van der Waals surface area contributed by atoms with Crippen molar-refractivity contribution in [1.82, 2.24) is 20.4 Å². The number of rotatable bonds is 11. The van der Waals surface area contributed by atoms with Gasteiger partial charge in [-0.25, -0.2) is 9.97 Å². The number of hydrogen-bond donors (Lipinski definition) is 2. The number of nitrogens with zero attached hydrogens (tertiary/aromatic N) is 3. The number of benzene rings is 1. The van der Waals surface area contributed by atoms with Crippen molar-refractivity contribution in [3.05, 3.63) is 47.0 Å². The molecule has 0 bridgehead atoms. The second-order valence-corrected chi connectivity index (χ2v) is 10.2. The van der Waals surface area contributed by atoms with Crippen LogP contribution in [0, 0.1) is 20.8 Å². The van der Waals surface area contributed by atoms with Crippen LogP contribution in [0.5, 0.6) is 5.75 Å². The smallest absolute Gasteiger partial charge is 0.160 e. The summed E-state index contributed by atoms with van der Waals surface area (Å²) in [5, 5.41) is 17.2. The van der Waals surface area contributed by atoms with E-state index in [4.69, 9.17) is 24.0 Å². The molecule has 1 aromatic carbocycles. The maximum Gasteiger partial charge on any atom is 0.160 e. The first kappa shape index (κ1) is 27.2. The fourth-order valence-electron chi connectivity index (χ4n) is 5.31. The van der Waals surface area contributed by atoms with Crippen LogP contribution >= 0.6 is 0 Å². The zero-order valence-electron chi connectivity index (χ0n) is 22.8. The van der Waals surface area contributed by atoms with E-state index in [9.17, 15) is 5.11 Å². The monoisotopic (exact) mass is 508 g/mol. The molecule has 2 N–H and O–H groups in total. The summed E-state index contributed by atoms with van der Waals surface area (Å²) in [6, 6.07) is 7.72. The van der Waals surface area contributed by atoms with Gasteiger partial charge in [0.25, 0.3) is 0 Å². The van der Waals surface area contributed by atoms with E-state index < -0.39 is 6.10 Å². The van der Waals surface area contributed by atoms with Crippen molar-refractivity contribution in [2.24, 2.45) is 0 Å². The molecule has 8 nitrogen and oxygen atoms in total. The van der Waals surface area contributed by atoms with Crippen LogP contribution in [0.1, 0.15) is 61.2 Å². The number of aromatic nitrogens is 3. The standard InChI is InChI=1S/C29H40N4O4/c1-19-25(12-15-29(35-5)13-7-6-8-14-29)31-28(32-27(19)26-20(2)33-37-21(26)3)22-10-9-11-24(16-22)36-18-23(34)17-30-4/h9-11,16,23,30,34H,6-8,12-15,17-18H2,1-5H3. The number of aryl methyl sites for hydroxylation is 3. The average Bonchev–Trinajstić information content (AvgIpc) is 3.25. The molecule has 2 aromatic heterocycles. The highest BCUT2D eigenvalue weighted by atomic mass is 16.5. The van der Waals surface area contributed by atoms with E-state index in [-0.39, 0.29) is 12.2 Å². The molecule has 0 radical (unpaired) electrons.